The third kappa shape index (κ3) is 8.23. The van der Waals surface area contributed by atoms with Crippen LogP contribution in [0.2, 0.25) is 0 Å². The van der Waals surface area contributed by atoms with Gasteiger partial charge in [-0.05, 0) is 18.5 Å². The first-order chi connectivity index (χ1) is 4.27. The predicted octanol–water partition coefficient (Wildman–Crippen LogP) is 2.57. The van der Waals surface area contributed by atoms with Crippen LogP contribution in [0.25, 0.3) is 0 Å². The normalized spacial score (nSPS) is 11.9. The minimum atomic E-state index is -0.485. The Bertz CT molecular complexity index is 71.3. The lowest BCUT2D eigenvalue weighted by molar-refractivity contribution is 0.547. The average molecular weight is 148 g/mol. The van der Waals surface area contributed by atoms with E-state index >= 15 is 0 Å². The molecule has 0 aromatic heterocycles. The molecule has 1 nitrogen and oxygen atoms in total. The number of rotatable bonds is 5. The highest BCUT2D eigenvalue weighted by molar-refractivity contribution is 7.23. The van der Waals surface area contributed by atoms with Gasteiger partial charge >= 0.3 is 0 Å². The van der Waals surface area contributed by atoms with Crippen molar-refractivity contribution in [3.63, 3.8) is 0 Å². The van der Waals surface area contributed by atoms with Gasteiger partial charge in [-0.15, -0.1) is 0 Å². The van der Waals surface area contributed by atoms with Crippen LogP contribution in [0.3, 0.4) is 0 Å². The first-order valence-corrected chi connectivity index (χ1v) is 4.99. The zero-order chi connectivity index (χ0) is 7.11. The van der Waals surface area contributed by atoms with E-state index in [4.69, 9.17) is 0 Å². The maximum Gasteiger partial charge on any atom is 0.0645 e. The smallest absolute Gasteiger partial charge is 0.0645 e. The summed E-state index contributed by atoms with van der Waals surface area (Å²) in [7, 11) is -0.485. The van der Waals surface area contributed by atoms with Crippen LogP contribution < -0.4 is 0 Å². The number of hydrogen-bond donors (Lipinski definition) is 0. The molecule has 0 aliphatic heterocycles. The van der Waals surface area contributed by atoms with Crippen LogP contribution >= 0.6 is 8.46 Å². The topological polar surface area (TPSA) is 17.1 Å². The molecule has 0 aromatic rings. The van der Waals surface area contributed by atoms with Gasteiger partial charge in [-0.3, -0.25) is 0 Å². The summed E-state index contributed by atoms with van der Waals surface area (Å²) in [6.07, 6.45) is 4.66. The third-order valence-corrected chi connectivity index (χ3v) is 2.00. The molecule has 0 heterocycles. The molecule has 0 N–H and O–H groups in total. The molecular formula is C7H17OP. The molecule has 0 amide bonds. The predicted molar refractivity (Wildman–Crippen MR) is 44.0 cm³/mol. The second-order valence-corrected chi connectivity index (χ2v) is 3.76. The Morgan fingerprint density at radius 3 is 2.44 bits per heavy atom. The second-order valence-electron chi connectivity index (χ2n) is 2.84. The molecule has 0 aromatic carbocycles. The van der Waals surface area contributed by atoms with Crippen LogP contribution in [0.4, 0.5) is 0 Å². The molecule has 9 heavy (non-hydrogen) atoms. The van der Waals surface area contributed by atoms with Crippen LogP contribution in [-0.2, 0) is 4.57 Å². The van der Waals surface area contributed by atoms with Crippen molar-refractivity contribution in [1.29, 1.82) is 0 Å². The van der Waals surface area contributed by atoms with Gasteiger partial charge in [-0.1, -0.05) is 26.7 Å². The molecule has 1 unspecified atom stereocenters. The van der Waals surface area contributed by atoms with Gasteiger partial charge < -0.3 is 4.57 Å². The molecule has 0 saturated carbocycles. The third-order valence-electron chi connectivity index (χ3n) is 1.35. The SMILES string of the molecule is CC(C)CCCC[PH2]=O. The Hall–Kier alpha value is 0.230. The van der Waals surface area contributed by atoms with Crippen molar-refractivity contribution in [3.05, 3.63) is 0 Å². The van der Waals surface area contributed by atoms with Crippen molar-refractivity contribution in [1.82, 2.24) is 0 Å². The molecule has 0 rings (SSSR count). The maximum absolute atomic E-state index is 10.1. The Kier molecular flexibility index (Phi) is 6.51. The highest BCUT2D eigenvalue weighted by Gasteiger charge is 1.91. The summed E-state index contributed by atoms with van der Waals surface area (Å²) in [5.74, 6) is 0.812. The van der Waals surface area contributed by atoms with Crippen molar-refractivity contribution in [2.24, 2.45) is 5.92 Å². The molecular weight excluding hydrogens is 131 g/mol. The summed E-state index contributed by atoms with van der Waals surface area (Å²) < 4.78 is 10.1. The van der Waals surface area contributed by atoms with Gasteiger partial charge in [0.25, 0.3) is 0 Å². The Balaban J connectivity index is 2.82. The highest BCUT2D eigenvalue weighted by atomic mass is 31.1. The van der Waals surface area contributed by atoms with Gasteiger partial charge in [0.1, 0.15) is 0 Å². The summed E-state index contributed by atoms with van der Waals surface area (Å²) in [4.78, 5) is 0. The highest BCUT2D eigenvalue weighted by Crippen LogP contribution is 2.08. The molecule has 0 fully saturated rings. The van der Waals surface area contributed by atoms with Crippen molar-refractivity contribution in [2.75, 3.05) is 6.16 Å². The molecule has 0 saturated heterocycles. The van der Waals surface area contributed by atoms with Crippen LogP contribution in [0.5, 0.6) is 0 Å². The molecule has 2 heteroatoms. The molecule has 56 valence electrons. The minimum absolute atomic E-state index is 0.485. The Labute approximate surface area is 59.0 Å². The molecule has 0 aliphatic carbocycles. The summed E-state index contributed by atoms with van der Waals surface area (Å²) in [5.41, 5.74) is 0. The largest absolute Gasteiger partial charge is 0.330 e. The Morgan fingerprint density at radius 2 is 2.00 bits per heavy atom. The van der Waals surface area contributed by atoms with Crippen molar-refractivity contribution < 1.29 is 4.57 Å². The summed E-state index contributed by atoms with van der Waals surface area (Å²) in [6, 6.07) is 0. The molecule has 0 bridgehead atoms. The first kappa shape index (κ1) is 9.23. The number of unbranched alkanes of at least 4 members (excludes halogenated alkanes) is 1. The zero-order valence-corrected chi connectivity index (χ0v) is 7.55. The molecule has 0 spiro atoms. The van der Waals surface area contributed by atoms with Crippen LogP contribution in [0.1, 0.15) is 33.1 Å². The van der Waals surface area contributed by atoms with Crippen LogP contribution in [0, 0.1) is 5.92 Å². The van der Waals surface area contributed by atoms with E-state index in [0.717, 1.165) is 18.5 Å². The van der Waals surface area contributed by atoms with E-state index < -0.39 is 8.46 Å². The average Bonchev–Trinajstić information content (AvgIpc) is 1.80. The monoisotopic (exact) mass is 148 g/mol. The summed E-state index contributed by atoms with van der Waals surface area (Å²) in [6.45, 7) is 4.45. The van der Waals surface area contributed by atoms with E-state index in [1.54, 1.807) is 0 Å². The molecule has 0 aliphatic rings. The van der Waals surface area contributed by atoms with Gasteiger partial charge in [0.15, 0.2) is 0 Å². The lowest BCUT2D eigenvalue weighted by atomic mass is 10.1. The van der Waals surface area contributed by atoms with Crippen LogP contribution in [0.15, 0.2) is 0 Å². The summed E-state index contributed by atoms with van der Waals surface area (Å²) >= 11 is 0. The fourth-order valence-corrected chi connectivity index (χ4v) is 1.24. The molecule has 1 atom stereocenters. The van der Waals surface area contributed by atoms with E-state index in [9.17, 15) is 4.57 Å². The van der Waals surface area contributed by atoms with Gasteiger partial charge in [0, 0.05) is 0 Å². The van der Waals surface area contributed by atoms with Gasteiger partial charge in [0.05, 0.1) is 8.46 Å². The van der Waals surface area contributed by atoms with E-state index in [1.807, 2.05) is 0 Å². The standard InChI is InChI=1S/C7H17OP/c1-7(2)5-3-4-6-9-8/h7H,3-6,9H2,1-2H3. The number of hydrogen-bond acceptors (Lipinski definition) is 1. The quantitative estimate of drug-likeness (QED) is 0.432. The van der Waals surface area contributed by atoms with E-state index in [0.29, 0.717) is 0 Å². The fourth-order valence-electron chi connectivity index (χ4n) is 0.780. The minimum Gasteiger partial charge on any atom is -0.330 e. The van der Waals surface area contributed by atoms with E-state index in [-0.39, 0.29) is 0 Å². The molecule has 0 radical (unpaired) electrons. The van der Waals surface area contributed by atoms with Gasteiger partial charge in [0.2, 0.25) is 0 Å². The van der Waals surface area contributed by atoms with E-state index in [2.05, 4.69) is 13.8 Å². The van der Waals surface area contributed by atoms with Crippen molar-refractivity contribution in [3.8, 4) is 0 Å². The van der Waals surface area contributed by atoms with Crippen LogP contribution in [-0.4, -0.2) is 6.16 Å². The summed E-state index contributed by atoms with van der Waals surface area (Å²) in [5, 5.41) is 0. The van der Waals surface area contributed by atoms with Gasteiger partial charge in [-0.25, -0.2) is 0 Å². The lowest BCUT2D eigenvalue weighted by Crippen LogP contribution is -1.86. The zero-order valence-electron chi connectivity index (χ0n) is 6.39. The maximum atomic E-state index is 10.1. The van der Waals surface area contributed by atoms with Crippen molar-refractivity contribution >= 4 is 8.46 Å². The lowest BCUT2D eigenvalue weighted by Gasteiger charge is -2.00. The Morgan fingerprint density at radius 1 is 1.33 bits per heavy atom. The fraction of sp³-hybridized carbons (Fsp3) is 1.00. The van der Waals surface area contributed by atoms with E-state index in [1.165, 1.54) is 12.8 Å². The first-order valence-electron chi connectivity index (χ1n) is 3.71. The van der Waals surface area contributed by atoms with Crippen molar-refractivity contribution in [2.45, 2.75) is 33.1 Å². The van der Waals surface area contributed by atoms with Gasteiger partial charge in [-0.2, -0.15) is 0 Å². The second kappa shape index (κ2) is 6.35.